The molecule has 3 aromatic rings. The van der Waals surface area contributed by atoms with Crippen LogP contribution in [0.15, 0.2) is 24.7 Å². The van der Waals surface area contributed by atoms with E-state index in [4.69, 9.17) is 0 Å². The van der Waals surface area contributed by atoms with Crippen LogP contribution in [0, 0.1) is 5.92 Å². The van der Waals surface area contributed by atoms with Gasteiger partial charge in [-0.3, -0.25) is 14.8 Å². The molecule has 10 heteroatoms. The normalized spacial score (nSPS) is 23.3. The summed E-state index contributed by atoms with van der Waals surface area (Å²) in [5, 5.41) is 15.0. The third-order valence-corrected chi connectivity index (χ3v) is 6.93. The number of piperidine rings is 1. The highest BCUT2D eigenvalue weighted by molar-refractivity contribution is 5.94. The van der Waals surface area contributed by atoms with Gasteiger partial charge in [0.15, 0.2) is 0 Å². The van der Waals surface area contributed by atoms with Crippen LogP contribution in [0.1, 0.15) is 38.5 Å². The summed E-state index contributed by atoms with van der Waals surface area (Å²) in [6, 6.07) is 1.69. The largest absolute Gasteiger partial charge is 0.322 e. The maximum atomic E-state index is 13.4. The number of aromatic amines is 1. The third kappa shape index (κ3) is 3.16. The Balaban J connectivity index is 1.26. The molecular weight excluding hydrogens is 404 g/mol. The summed E-state index contributed by atoms with van der Waals surface area (Å²) in [7, 11) is 0. The molecule has 162 valence electrons. The van der Waals surface area contributed by atoms with Crippen LogP contribution in [0.3, 0.4) is 0 Å². The molecule has 1 saturated heterocycles. The second kappa shape index (κ2) is 6.48. The molecule has 0 radical (unpaired) electrons. The zero-order chi connectivity index (χ0) is 21.2. The van der Waals surface area contributed by atoms with Gasteiger partial charge in [-0.1, -0.05) is 0 Å². The van der Waals surface area contributed by atoms with Crippen LogP contribution < -0.4 is 5.32 Å². The Morgan fingerprint density at radius 2 is 2.06 bits per heavy atom. The van der Waals surface area contributed by atoms with E-state index < -0.39 is 11.8 Å². The number of nitrogens with one attached hydrogen (secondary N) is 2. The first-order valence-corrected chi connectivity index (χ1v) is 10.8. The van der Waals surface area contributed by atoms with Crippen molar-refractivity contribution in [3.63, 3.8) is 0 Å². The van der Waals surface area contributed by atoms with Crippen LogP contribution in [0.25, 0.3) is 22.3 Å². The van der Waals surface area contributed by atoms with Gasteiger partial charge < -0.3 is 10.2 Å². The molecular formula is C21H23F2N7O. The number of pyridine rings is 1. The predicted molar refractivity (Wildman–Crippen MR) is 110 cm³/mol. The number of carbonyl (C=O) groups excluding carboxylic acids is 1. The van der Waals surface area contributed by atoms with Crippen molar-refractivity contribution in [1.29, 1.82) is 0 Å². The Hall–Kier alpha value is -3.04. The van der Waals surface area contributed by atoms with Crippen molar-refractivity contribution < 1.29 is 13.6 Å². The summed E-state index contributed by atoms with van der Waals surface area (Å²) in [5.74, 6) is -3.27. The number of fused-ring (bicyclic) bond motifs is 1. The van der Waals surface area contributed by atoms with E-state index in [2.05, 4.69) is 25.6 Å². The molecule has 2 saturated carbocycles. The van der Waals surface area contributed by atoms with Gasteiger partial charge in [-0.15, -0.1) is 0 Å². The van der Waals surface area contributed by atoms with E-state index in [0.29, 0.717) is 17.1 Å². The zero-order valence-electron chi connectivity index (χ0n) is 16.9. The lowest BCUT2D eigenvalue weighted by molar-refractivity contribution is 0.0945. The van der Waals surface area contributed by atoms with E-state index in [9.17, 15) is 13.6 Å². The van der Waals surface area contributed by atoms with Crippen molar-refractivity contribution in [3.05, 3.63) is 24.7 Å². The maximum Gasteiger partial charge on any atom is 0.322 e. The minimum Gasteiger partial charge on any atom is -0.319 e. The number of urea groups is 1. The first-order chi connectivity index (χ1) is 15.0. The Kier molecular flexibility index (Phi) is 3.91. The van der Waals surface area contributed by atoms with Crippen molar-refractivity contribution in [2.45, 2.75) is 56.5 Å². The summed E-state index contributed by atoms with van der Waals surface area (Å²) in [6.45, 7) is 0.942. The maximum absolute atomic E-state index is 13.4. The van der Waals surface area contributed by atoms with Gasteiger partial charge in [-0.05, 0) is 38.2 Å². The molecule has 1 aliphatic heterocycles. The molecule has 0 bridgehead atoms. The highest BCUT2D eigenvalue weighted by atomic mass is 19.3. The Bertz CT molecular complexity index is 1170. The smallest absolute Gasteiger partial charge is 0.319 e. The summed E-state index contributed by atoms with van der Waals surface area (Å²) < 4.78 is 28.3. The first kappa shape index (κ1) is 18.7. The van der Waals surface area contributed by atoms with Crippen molar-refractivity contribution in [2.75, 3.05) is 11.9 Å². The molecule has 3 aliphatic rings. The molecule has 3 fully saturated rings. The second-order valence-corrected chi connectivity index (χ2v) is 9.04. The molecule has 0 aromatic carbocycles. The van der Waals surface area contributed by atoms with E-state index in [1.807, 2.05) is 4.90 Å². The number of amides is 2. The highest BCUT2D eigenvalue weighted by Crippen LogP contribution is 2.50. The topological polar surface area (TPSA) is 91.7 Å². The molecule has 1 spiro atoms. The highest BCUT2D eigenvalue weighted by Gasteiger charge is 2.57. The van der Waals surface area contributed by atoms with Crippen LogP contribution in [-0.2, 0) is 6.54 Å². The fourth-order valence-corrected chi connectivity index (χ4v) is 4.77. The molecule has 8 nitrogen and oxygen atoms in total. The number of rotatable bonds is 4. The van der Waals surface area contributed by atoms with Crippen LogP contribution >= 0.6 is 0 Å². The van der Waals surface area contributed by atoms with Gasteiger partial charge in [0.1, 0.15) is 5.69 Å². The minimum absolute atomic E-state index is 0.0424. The number of aromatic nitrogens is 5. The number of nitrogens with zero attached hydrogens (tertiary/aromatic N) is 5. The molecule has 4 heterocycles. The molecule has 1 unspecified atom stereocenters. The average Bonchev–Trinajstić information content (AvgIpc) is 3.48. The number of carbonyl (C=O) groups is 1. The van der Waals surface area contributed by atoms with Gasteiger partial charge in [-0.25, -0.2) is 13.6 Å². The molecule has 3 aromatic heterocycles. The standard InChI is InChI=1S/C21H23F2N7O/c22-21(23)8-14(21)12-30-17-7-15(24-9-13(17)10-26-30)18-16(11-25-28-18)27-19(31)29-6-2-1-3-20(29)4-5-20/h7,9-11,14H,1-6,8,12H2,(H,25,28)(H,27,31). The SMILES string of the molecule is O=C(Nc1cn[nH]c1-c1cc2c(cn1)cnn2CC1CC1(F)F)N1CCCCC12CC2. The van der Waals surface area contributed by atoms with E-state index in [-0.39, 0.29) is 24.5 Å². The van der Waals surface area contributed by atoms with Crippen molar-refractivity contribution >= 4 is 22.6 Å². The predicted octanol–water partition coefficient (Wildman–Crippen LogP) is 4.03. The van der Waals surface area contributed by atoms with Crippen molar-refractivity contribution in [1.82, 2.24) is 29.9 Å². The molecule has 1 atom stereocenters. The molecule has 2 aliphatic carbocycles. The van der Waals surface area contributed by atoms with Crippen LogP contribution in [-0.4, -0.2) is 53.9 Å². The Morgan fingerprint density at radius 1 is 1.23 bits per heavy atom. The van der Waals surface area contributed by atoms with E-state index in [0.717, 1.165) is 43.1 Å². The number of hydrogen-bond acceptors (Lipinski definition) is 4. The zero-order valence-corrected chi connectivity index (χ0v) is 16.9. The van der Waals surface area contributed by atoms with E-state index in [1.165, 1.54) is 6.42 Å². The van der Waals surface area contributed by atoms with Crippen molar-refractivity contribution in [3.8, 4) is 11.4 Å². The lowest BCUT2D eigenvalue weighted by Gasteiger charge is -2.36. The molecule has 2 amide bonds. The summed E-state index contributed by atoms with van der Waals surface area (Å²) in [5.41, 5.74) is 2.48. The monoisotopic (exact) mass is 427 g/mol. The lowest BCUT2D eigenvalue weighted by atomic mass is 10.0. The molecule has 2 N–H and O–H groups in total. The van der Waals surface area contributed by atoms with Gasteiger partial charge in [0.25, 0.3) is 5.92 Å². The Labute approximate surface area is 177 Å². The van der Waals surface area contributed by atoms with Crippen LogP contribution in [0.4, 0.5) is 19.3 Å². The first-order valence-electron chi connectivity index (χ1n) is 10.8. The fraction of sp³-hybridized carbons (Fsp3) is 0.524. The van der Waals surface area contributed by atoms with E-state index >= 15 is 0 Å². The van der Waals surface area contributed by atoms with Gasteiger partial charge in [0.2, 0.25) is 0 Å². The second-order valence-electron chi connectivity index (χ2n) is 9.04. The van der Waals surface area contributed by atoms with Crippen LogP contribution in [0.5, 0.6) is 0 Å². The third-order valence-electron chi connectivity index (χ3n) is 6.93. The molecule has 31 heavy (non-hydrogen) atoms. The number of alkyl halides is 2. The van der Waals surface area contributed by atoms with Crippen LogP contribution in [0.2, 0.25) is 0 Å². The minimum atomic E-state index is -2.59. The fourth-order valence-electron chi connectivity index (χ4n) is 4.77. The summed E-state index contributed by atoms with van der Waals surface area (Å²) in [4.78, 5) is 19.4. The Morgan fingerprint density at radius 3 is 2.84 bits per heavy atom. The number of hydrogen-bond donors (Lipinski definition) is 2. The lowest BCUT2D eigenvalue weighted by Crippen LogP contribution is -2.47. The van der Waals surface area contributed by atoms with Gasteiger partial charge >= 0.3 is 6.03 Å². The number of H-pyrrole nitrogens is 1. The summed E-state index contributed by atoms with van der Waals surface area (Å²) >= 11 is 0. The van der Waals surface area contributed by atoms with E-state index in [1.54, 1.807) is 29.3 Å². The number of halogens is 2. The van der Waals surface area contributed by atoms with Gasteiger partial charge in [0, 0.05) is 36.0 Å². The average molecular weight is 427 g/mol. The van der Waals surface area contributed by atoms with Gasteiger partial charge in [-0.2, -0.15) is 10.2 Å². The quantitative estimate of drug-likeness (QED) is 0.658. The van der Waals surface area contributed by atoms with Gasteiger partial charge in [0.05, 0.1) is 35.8 Å². The number of likely N-dealkylation sites (tertiary alicyclic amines) is 1. The molecule has 6 rings (SSSR count). The van der Waals surface area contributed by atoms with Crippen molar-refractivity contribution in [2.24, 2.45) is 5.92 Å². The number of anilines is 1. The summed E-state index contributed by atoms with van der Waals surface area (Å²) in [6.07, 6.45) is 10.2.